The number of hydrogen-bond donors (Lipinski definition) is 0. The van der Waals surface area contributed by atoms with E-state index < -0.39 is 5.95 Å². The van der Waals surface area contributed by atoms with Gasteiger partial charge in [-0.2, -0.15) is 4.39 Å². The Kier molecular flexibility index (Phi) is 3.38. The molecule has 17 heavy (non-hydrogen) atoms. The van der Waals surface area contributed by atoms with Crippen LogP contribution in [0, 0.1) is 5.95 Å². The molecule has 5 heteroatoms. The second-order valence-corrected chi connectivity index (χ2v) is 4.19. The summed E-state index contributed by atoms with van der Waals surface area (Å²) in [5.41, 5.74) is 0.131. The van der Waals surface area contributed by atoms with Crippen molar-refractivity contribution in [2.75, 3.05) is 13.7 Å². The average Bonchev–Trinajstić information content (AvgIpc) is 2.73. The predicted molar refractivity (Wildman–Crippen MR) is 60.1 cm³/mol. The fourth-order valence-electron chi connectivity index (χ4n) is 2.09. The Balaban J connectivity index is 2.14. The zero-order valence-electron chi connectivity index (χ0n) is 9.89. The van der Waals surface area contributed by atoms with E-state index in [0.29, 0.717) is 6.61 Å². The molecule has 0 bridgehead atoms. The number of rotatable bonds is 2. The quantitative estimate of drug-likeness (QED) is 0.733. The van der Waals surface area contributed by atoms with E-state index in [9.17, 15) is 9.18 Å². The van der Waals surface area contributed by atoms with Gasteiger partial charge in [-0.1, -0.05) is 6.07 Å². The molecule has 1 aliphatic heterocycles. The normalized spacial score (nSPS) is 23.7. The monoisotopic (exact) mass is 238 g/mol. The highest BCUT2D eigenvalue weighted by atomic mass is 19.1. The van der Waals surface area contributed by atoms with Gasteiger partial charge < -0.3 is 9.64 Å². The molecule has 0 saturated carbocycles. The van der Waals surface area contributed by atoms with Crippen molar-refractivity contribution in [2.45, 2.75) is 25.5 Å². The Morgan fingerprint density at radius 1 is 1.59 bits per heavy atom. The van der Waals surface area contributed by atoms with Crippen molar-refractivity contribution >= 4 is 5.91 Å². The van der Waals surface area contributed by atoms with Crippen LogP contribution >= 0.6 is 0 Å². The van der Waals surface area contributed by atoms with Crippen molar-refractivity contribution in [3.63, 3.8) is 0 Å². The van der Waals surface area contributed by atoms with Crippen LogP contribution in [0.25, 0.3) is 0 Å². The number of carbonyl (C=O) groups excluding carboxylic acids is 1. The molecule has 1 aromatic heterocycles. The summed E-state index contributed by atoms with van der Waals surface area (Å²) < 4.78 is 18.3. The lowest BCUT2D eigenvalue weighted by molar-refractivity contribution is 0.0569. The first-order valence-electron chi connectivity index (χ1n) is 5.61. The summed E-state index contributed by atoms with van der Waals surface area (Å²) >= 11 is 0. The maximum absolute atomic E-state index is 12.9. The molecule has 2 rings (SSSR count). The van der Waals surface area contributed by atoms with E-state index in [-0.39, 0.29) is 23.7 Å². The molecule has 1 saturated heterocycles. The number of ether oxygens (including phenoxy) is 1. The maximum atomic E-state index is 12.9. The van der Waals surface area contributed by atoms with Crippen molar-refractivity contribution in [1.29, 1.82) is 0 Å². The van der Waals surface area contributed by atoms with Crippen LogP contribution in [-0.2, 0) is 4.74 Å². The third-order valence-corrected chi connectivity index (χ3v) is 3.09. The molecular formula is C12H15FN2O2. The Hall–Kier alpha value is -1.49. The number of aromatic nitrogens is 1. The highest BCUT2D eigenvalue weighted by Crippen LogP contribution is 2.19. The van der Waals surface area contributed by atoms with Gasteiger partial charge in [-0.05, 0) is 25.5 Å². The van der Waals surface area contributed by atoms with E-state index in [4.69, 9.17) is 4.74 Å². The highest BCUT2D eigenvalue weighted by Gasteiger charge is 2.31. The van der Waals surface area contributed by atoms with Gasteiger partial charge in [-0.3, -0.25) is 4.79 Å². The Labute approximate surface area is 99.4 Å². The molecule has 0 radical (unpaired) electrons. The SMILES string of the molecule is CC1OCCC1N(C)C(=O)c1cccc(F)n1. The van der Waals surface area contributed by atoms with Crippen molar-refractivity contribution in [3.05, 3.63) is 29.8 Å². The lowest BCUT2D eigenvalue weighted by Crippen LogP contribution is -2.41. The summed E-state index contributed by atoms with van der Waals surface area (Å²) in [6, 6.07) is 4.26. The van der Waals surface area contributed by atoms with Crippen LogP contribution in [0.2, 0.25) is 0 Å². The Morgan fingerprint density at radius 2 is 2.35 bits per heavy atom. The van der Waals surface area contributed by atoms with Gasteiger partial charge in [-0.15, -0.1) is 0 Å². The Morgan fingerprint density at radius 3 is 2.94 bits per heavy atom. The van der Waals surface area contributed by atoms with Crippen LogP contribution < -0.4 is 0 Å². The molecule has 0 aromatic carbocycles. The van der Waals surface area contributed by atoms with Gasteiger partial charge in [0.05, 0.1) is 12.1 Å². The molecular weight excluding hydrogens is 223 g/mol. The largest absolute Gasteiger partial charge is 0.376 e. The molecule has 92 valence electrons. The third kappa shape index (κ3) is 2.44. The van der Waals surface area contributed by atoms with Gasteiger partial charge in [-0.25, -0.2) is 4.98 Å². The number of nitrogens with zero attached hydrogens (tertiary/aromatic N) is 2. The van der Waals surface area contributed by atoms with Crippen LogP contribution in [0.3, 0.4) is 0 Å². The van der Waals surface area contributed by atoms with Gasteiger partial charge in [0.2, 0.25) is 5.95 Å². The van der Waals surface area contributed by atoms with E-state index in [0.717, 1.165) is 6.42 Å². The standard InChI is InChI=1S/C12H15FN2O2/c1-8-10(6-7-17-8)15(2)12(16)9-4-3-5-11(13)14-9/h3-5,8,10H,6-7H2,1-2H3. The second-order valence-electron chi connectivity index (χ2n) is 4.19. The number of halogens is 1. The highest BCUT2D eigenvalue weighted by molar-refractivity contribution is 5.92. The number of carbonyl (C=O) groups is 1. The molecule has 2 heterocycles. The summed E-state index contributed by atoms with van der Waals surface area (Å²) in [7, 11) is 1.70. The molecule has 1 aromatic rings. The first-order chi connectivity index (χ1) is 8.09. The fourth-order valence-corrected chi connectivity index (χ4v) is 2.09. The fraction of sp³-hybridized carbons (Fsp3) is 0.500. The van der Waals surface area contributed by atoms with Gasteiger partial charge in [0, 0.05) is 13.7 Å². The minimum absolute atomic E-state index is 0.0116. The molecule has 4 nitrogen and oxygen atoms in total. The van der Waals surface area contributed by atoms with Gasteiger partial charge >= 0.3 is 0 Å². The van der Waals surface area contributed by atoms with E-state index in [1.165, 1.54) is 18.2 Å². The van der Waals surface area contributed by atoms with Crippen LogP contribution in [0.4, 0.5) is 4.39 Å². The summed E-state index contributed by atoms with van der Waals surface area (Å²) in [5, 5.41) is 0. The van der Waals surface area contributed by atoms with Crippen LogP contribution in [0.1, 0.15) is 23.8 Å². The van der Waals surface area contributed by atoms with Gasteiger partial charge in [0.15, 0.2) is 0 Å². The topological polar surface area (TPSA) is 42.4 Å². The number of amides is 1. The summed E-state index contributed by atoms with van der Waals surface area (Å²) in [4.78, 5) is 17.2. The first-order valence-corrected chi connectivity index (χ1v) is 5.61. The Bertz CT molecular complexity index is 425. The molecule has 1 aliphatic rings. The molecule has 0 spiro atoms. The molecule has 0 aliphatic carbocycles. The van der Waals surface area contributed by atoms with E-state index >= 15 is 0 Å². The molecule has 2 unspecified atom stereocenters. The molecule has 0 N–H and O–H groups in total. The van der Waals surface area contributed by atoms with Crippen molar-refractivity contribution < 1.29 is 13.9 Å². The molecule has 1 fully saturated rings. The lowest BCUT2D eigenvalue weighted by Gasteiger charge is -2.26. The van der Waals surface area contributed by atoms with Crippen LogP contribution in [-0.4, -0.2) is 41.6 Å². The van der Waals surface area contributed by atoms with E-state index in [1.54, 1.807) is 11.9 Å². The van der Waals surface area contributed by atoms with Crippen LogP contribution in [0.15, 0.2) is 18.2 Å². The number of hydrogen-bond acceptors (Lipinski definition) is 3. The lowest BCUT2D eigenvalue weighted by atomic mass is 10.1. The summed E-state index contributed by atoms with van der Waals surface area (Å²) in [6.07, 6.45) is 0.816. The number of likely N-dealkylation sites (N-methyl/N-ethyl adjacent to an activating group) is 1. The number of pyridine rings is 1. The van der Waals surface area contributed by atoms with E-state index in [2.05, 4.69) is 4.98 Å². The van der Waals surface area contributed by atoms with E-state index in [1.807, 2.05) is 6.92 Å². The third-order valence-electron chi connectivity index (χ3n) is 3.09. The summed E-state index contributed by atoms with van der Waals surface area (Å²) in [5.74, 6) is -0.910. The first kappa shape index (κ1) is 12.0. The smallest absolute Gasteiger partial charge is 0.272 e. The minimum Gasteiger partial charge on any atom is -0.376 e. The predicted octanol–water partition coefficient (Wildman–Crippen LogP) is 1.47. The minimum atomic E-state index is -0.639. The summed E-state index contributed by atoms with van der Waals surface area (Å²) in [6.45, 7) is 2.58. The second kappa shape index (κ2) is 4.79. The zero-order valence-corrected chi connectivity index (χ0v) is 9.89. The zero-order chi connectivity index (χ0) is 12.4. The average molecular weight is 238 g/mol. The van der Waals surface area contributed by atoms with Crippen molar-refractivity contribution in [2.24, 2.45) is 0 Å². The maximum Gasteiger partial charge on any atom is 0.272 e. The van der Waals surface area contributed by atoms with Gasteiger partial charge in [0.1, 0.15) is 5.69 Å². The van der Waals surface area contributed by atoms with Crippen molar-refractivity contribution in [1.82, 2.24) is 9.88 Å². The van der Waals surface area contributed by atoms with Gasteiger partial charge in [0.25, 0.3) is 5.91 Å². The van der Waals surface area contributed by atoms with Crippen molar-refractivity contribution in [3.8, 4) is 0 Å². The molecule has 2 atom stereocenters. The van der Waals surface area contributed by atoms with Crippen LogP contribution in [0.5, 0.6) is 0 Å². The molecule has 1 amide bonds.